The zero-order valence-corrected chi connectivity index (χ0v) is 21.6. The van der Waals surface area contributed by atoms with Gasteiger partial charge in [0.25, 0.3) is 0 Å². The summed E-state index contributed by atoms with van der Waals surface area (Å²) < 4.78 is 14.8. The molecular formula is C27H36N4O6. The molecule has 2 aromatic rings. The van der Waals surface area contributed by atoms with Crippen LogP contribution in [-0.4, -0.2) is 50.8 Å². The lowest BCUT2D eigenvalue weighted by atomic mass is 10.1. The molecular weight excluding hydrogens is 476 g/mol. The SMILES string of the molecule is C=C(C)C(=O)OCCN(CC)c1ccc(N)cc1.C=C(C)C(=O)OCCOC(=O)c1cc(N)ccc1N. The highest BCUT2D eigenvalue weighted by Gasteiger charge is 2.12. The van der Waals surface area contributed by atoms with Gasteiger partial charge in [0.2, 0.25) is 0 Å². The first-order chi connectivity index (χ1) is 17.5. The van der Waals surface area contributed by atoms with E-state index in [1.54, 1.807) is 13.0 Å². The Bertz CT molecular complexity index is 1100. The number of benzene rings is 2. The number of nitrogen functional groups attached to an aromatic ring is 3. The van der Waals surface area contributed by atoms with Crippen LogP contribution >= 0.6 is 0 Å². The van der Waals surface area contributed by atoms with Crippen molar-refractivity contribution >= 4 is 40.7 Å². The van der Waals surface area contributed by atoms with E-state index in [2.05, 4.69) is 25.0 Å². The van der Waals surface area contributed by atoms with E-state index in [9.17, 15) is 14.4 Å². The van der Waals surface area contributed by atoms with E-state index in [0.29, 0.717) is 24.4 Å². The highest BCUT2D eigenvalue weighted by molar-refractivity contribution is 5.96. The fraction of sp³-hybridized carbons (Fsp3) is 0.296. The summed E-state index contributed by atoms with van der Waals surface area (Å²) >= 11 is 0. The Hall–Kier alpha value is -4.47. The highest BCUT2D eigenvalue weighted by atomic mass is 16.6. The molecule has 0 aliphatic heterocycles. The summed E-state index contributed by atoms with van der Waals surface area (Å²) in [6.07, 6.45) is 0. The molecule has 0 saturated heterocycles. The first kappa shape index (κ1) is 30.6. The topological polar surface area (TPSA) is 160 Å². The maximum absolute atomic E-state index is 11.7. The number of carbonyl (C=O) groups excluding carboxylic acids is 3. The van der Waals surface area contributed by atoms with Crippen LogP contribution in [0.4, 0.5) is 22.7 Å². The average Bonchev–Trinajstić information content (AvgIpc) is 2.86. The lowest BCUT2D eigenvalue weighted by Crippen LogP contribution is -2.28. The predicted octanol–water partition coefficient (Wildman–Crippen LogP) is 3.34. The summed E-state index contributed by atoms with van der Waals surface area (Å²) in [6.45, 7) is 13.9. The molecule has 2 aromatic carbocycles. The molecule has 0 aliphatic rings. The van der Waals surface area contributed by atoms with E-state index < -0.39 is 11.9 Å². The monoisotopic (exact) mass is 512 g/mol. The van der Waals surface area contributed by atoms with Crippen molar-refractivity contribution in [2.75, 3.05) is 55.0 Å². The zero-order chi connectivity index (χ0) is 28.0. The van der Waals surface area contributed by atoms with Crippen LogP contribution in [0.3, 0.4) is 0 Å². The standard InChI is InChI=1S/C14H20N2O2.C13H16N2O4/c1-4-16(9-10-18-14(17)11(2)3)13-7-5-12(15)6-8-13;1-8(2)12(16)18-5-6-19-13(17)10-7-9(14)3-4-11(10)15/h5-8H,2,4,9-10,15H2,1,3H3;3-4,7H,1,5-6,14-15H2,2H3. The number of rotatable bonds is 11. The maximum atomic E-state index is 11.7. The molecule has 0 fully saturated rings. The van der Waals surface area contributed by atoms with E-state index in [1.165, 1.54) is 19.1 Å². The Labute approximate surface area is 217 Å². The smallest absolute Gasteiger partial charge is 0.340 e. The van der Waals surface area contributed by atoms with Gasteiger partial charge in [-0.3, -0.25) is 0 Å². The molecule has 2 rings (SSSR count). The van der Waals surface area contributed by atoms with E-state index >= 15 is 0 Å². The Morgan fingerprint density at radius 1 is 0.784 bits per heavy atom. The van der Waals surface area contributed by atoms with Crippen molar-refractivity contribution in [1.29, 1.82) is 0 Å². The van der Waals surface area contributed by atoms with Crippen LogP contribution < -0.4 is 22.1 Å². The van der Waals surface area contributed by atoms with Crippen molar-refractivity contribution < 1.29 is 28.6 Å². The number of nitrogens with zero attached hydrogens (tertiary/aromatic N) is 1. The van der Waals surface area contributed by atoms with Crippen molar-refractivity contribution in [2.24, 2.45) is 0 Å². The summed E-state index contributed by atoms with van der Waals surface area (Å²) in [4.78, 5) is 36.1. The first-order valence-electron chi connectivity index (χ1n) is 11.5. The zero-order valence-electron chi connectivity index (χ0n) is 21.6. The van der Waals surface area contributed by atoms with Crippen molar-refractivity contribution in [3.05, 3.63) is 72.3 Å². The number of nitrogens with two attached hydrogens (primary N) is 3. The van der Waals surface area contributed by atoms with Gasteiger partial charge in [-0.1, -0.05) is 13.2 Å². The van der Waals surface area contributed by atoms with Crippen molar-refractivity contribution in [3.8, 4) is 0 Å². The molecule has 0 saturated carbocycles. The number of hydrogen-bond acceptors (Lipinski definition) is 10. The second kappa shape index (κ2) is 15.5. The van der Waals surface area contributed by atoms with Crippen molar-refractivity contribution in [3.63, 3.8) is 0 Å². The molecule has 0 atom stereocenters. The summed E-state index contributed by atoms with van der Waals surface area (Å²) in [5, 5.41) is 0. The minimum Gasteiger partial charge on any atom is -0.460 e. The number of carbonyl (C=O) groups is 3. The minimum absolute atomic E-state index is 0.0420. The molecule has 0 amide bonds. The minimum atomic E-state index is -0.615. The lowest BCUT2D eigenvalue weighted by molar-refractivity contribution is -0.140. The lowest BCUT2D eigenvalue weighted by Gasteiger charge is -2.23. The number of hydrogen-bond donors (Lipinski definition) is 3. The summed E-state index contributed by atoms with van der Waals surface area (Å²) in [7, 11) is 0. The Morgan fingerprint density at radius 3 is 1.84 bits per heavy atom. The van der Waals surface area contributed by atoms with E-state index in [4.69, 9.17) is 31.4 Å². The maximum Gasteiger partial charge on any atom is 0.340 e. The second-order valence-electron chi connectivity index (χ2n) is 7.99. The molecule has 0 bridgehead atoms. The van der Waals surface area contributed by atoms with Gasteiger partial charge in [0.1, 0.15) is 19.8 Å². The fourth-order valence-electron chi connectivity index (χ4n) is 2.75. The molecule has 0 aromatic heterocycles. The third-order valence-corrected chi connectivity index (χ3v) is 4.78. The third kappa shape index (κ3) is 11.2. The van der Waals surface area contributed by atoms with Crippen LogP contribution in [0.5, 0.6) is 0 Å². The molecule has 0 aliphatic carbocycles. The quantitative estimate of drug-likeness (QED) is 0.134. The van der Waals surface area contributed by atoms with Crippen LogP contribution in [0.15, 0.2) is 66.8 Å². The Kier molecular flexibility index (Phi) is 12.8. The molecule has 37 heavy (non-hydrogen) atoms. The van der Waals surface area contributed by atoms with Gasteiger partial charge in [-0.25, -0.2) is 14.4 Å². The number of anilines is 4. The van der Waals surface area contributed by atoms with Crippen molar-refractivity contribution in [2.45, 2.75) is 20.8 Å². The molecule has 10 heteroatoms. The molecule has 0 unspecified atom stereocenters. The third-order valence-electron chi connectivity index (χ3n) is 4.78. The van der Waals surface area contributed by atoms with Gasteiger partial charge < -0.3 is 36.3 Å². The van der Waals surface area contributed by atoms with Gasteiger partial charge in [-0.15, -0.1) is 0 Å². The molecule has 0 spiro atoms. The van der Waals surface area contributed by atoms with Crippen LogP contribution in [-0.2, 0) is 23.8 Å². The van der Waals surface area contributed by atoms with Crippen LogP contribution in [0.1, 0.15) is 31.1 Å². The summed E-state index contributed by atoms with van der Waals surface area (Å²) in [6, 6.07) is 12.2. The molecule has 0 radical (unpaired) electrons. The first-order valence-corrected chi connectivity index (χ1v) is 11.5. The molecule has 10 nitrogen and oxygen atoms in total. The van der Waals surface area contributed by atoms with Gasteiger partial charge in [-0.2, -0.15) is 0 Å². The number of likely N-dealkylation sites (N-methyl/N-ethyl adjacent to an activating group) is 1. The number of esters is 3. The predicted molar refractivity (Wildman–Crippen MR) is 146 cm³/mol. The van der Waals surface area contributed by atoms with Gasteiger partial charge in [0.05, 0.1) is 12.1 Å². The van der Waals surface area contributed by atoms with Crippen LogP contribution in [0, 0.1) is 0 Å². The van der Waals surface area contributed by atoms with Gasteiger partial charge >= 0.3 is 17.9 Å². The molecule has 6 N–H and O–H groups in total. The van der Waals surface area contributed by atoms with E-state index in [0.717, 1.165) is 17.9 Å². The Balaban J connectivity index is 0.000000371. The van der Waals surface area contributed by atoms with Crippen molar-refractivity contribution in [1.82, 2.24) is 0 Å². The fourth-order valence-corrected chi connectivity index (χ4v) is 2.75. The molecule has 200 valence electrons. The van der Waals surface area contributed by atoms with E-state index in [1.807, 2.05) is 24.3 Å². The largest absolute Gasteiger partial charge is 0.460 e. The average molecular weight is 513 g/mol. The van der Waals surface area contributed by atoms with Gasteiger partial charge in [0, 0.05) is 40.4 Å². The van der Waals surface area contributed by atoms with Gasteiger partial charge in [-0.05, 0) is 63.2 Å². The van der Waals surface area contributed by atoms with E-state index in [-0.39, 0.29) is 36.0 Å². The number of ether oxygens (including phenoxy) is 3. The summed E-state index contributed by atoms with van der Waals surface area (Å²) in [5.74, 6) is -1.49. The van der Waals surface area contributed by atoms with Gasteiger partial charge in [0.15, 0.2) is 0 Å². The summed E-state index contributed by atoms with van der Waals surface area (Å²) in [5.41, 5.74) is 20.2. The molecule has 0 heterocycles. The second-order valence-corrected chi connectivity index (χ2v) is 7.99. The van der Waals surface area contributed by atoms with Crippen LogP contribution in [0.2, 0.25) is 0 Å². The Morgan fingerprint density at radius 2 is 1.30 bits per heavy atom. The van der Waals surface area contributed by atoms with Crippen LogP contribution in [0.25, 0.3) is 0 Å². The normalized spacial score (nSPS) is 9.81. The highest BCUT2D eigenvalue weighted by Crippen LogP contribution is 2.17.